The molecule has 0 aromatic heterocycles. The number of benzene rings is 2. The fourth-order valence-electron chi connectivity index (χ4n) is 2.31. The van der Waals surface area contributed by atoms with Gasteiger partial charge in [-0.1, -0.05) is 35.9 Å². The van der Waals surface area contributed by atoms with Gasteiger partial charge in [-0.05, 0) is 24.6 Å². The maximum atomic E-state index is 12.4. The molecular weight excluding hydrogens is 238 g/mol. The van der Waals surface area contributed by atoms with Crippen molar-refractivity contribution in [3.63, 3.8) is 0 Å². The summed E-state index contributed by atoms with van der Waals surface area (Å²) in [6.07, 6.45) is 0.397. The molecule has 1 amide bonds. The number of carbonyl (C=O) groups excluding carboxylic acids is 2. The smallest absolute Gasteiger partial charge is 0.228 e. The van der Waals surface area contributed by atoms with E-state index >= 15 is 0 Å². The number of fused-ring (bicyclic) bond motifs is 1. The second-order valence-electron chi connectivity index (χ2n) is 4.80. The van der Waals surface area contributed by atoms with Crippen molar-refractivity contribution in [2.75, 3.05) is 5.32 Å². The molecule has 0 radical (unpaired) electrons. The van der Waals surface area contributed by atoms with Crippen LogP contribution in [-0.4, -0.2) is 11.7 Å². The van der Waals surface area contributed by atoms with E-state index in [0.29, 0.717) is 17.5 Å². The van der Waals surface area contributed by atoms with E-state index in [2.05, 4.69) is 5.32 Å². The van der Waals surface area contributed by atoms with Gasteiger partial charge < -0.3 is 5.32 Å². The fourth-order valence-corrected chi connectivity index (χ4v) is 2.31. The first-order chi connectivity index (χ1) is 9.13. The lowest BCUT2D eigenvalue weighted by molar-refractivity contribution is -0.115. The predicted molar refractivity (Wildman–Crippen MR) is 73.4 cm³/mol. The summed E-state index contributed by atoms with van der Waals surface area (Å²) in [4.78, 5) is 23.7. The third kappa shape index (κ3) is 2.15. The quantitative estimate of drug-likeness (QED) is 0.834. The Morgan fingerprint density at radius 1 is 1.11 bits per heavy atom. The first-order valence-electron chi connectivity index (χ1n) is 6.17. The highest BCUT2D eigenvalue weighted by atomic mass is 16.1. The molecule has 2 aromatic rings. The summed E-state index contributed by atoms with van der Waals surface area (Å²) >= 11 is 0. The van der Waals surface area contributed by atoms with Gasteiger partial charge in [0.1, 0.15) is 0 Å². The predicted octanol–water partition coefficient (Wildman–Crippen LogP) is 2.72. The Kier molecular flexibility index (Phi) is 2.67. The summed E-state index contributed by atoms with van der Waals surface area (Å²) in [6.45, 7) is 1.96. The summed E-state index contributed by atoms with van der Waals surface area (Å²) < 4.78 is 0. The number of hydrogen-bond donors (Lipinski definition) is 1. The average Bonchev–Trinajstić information content (AvgIpc) is 2.76. The van der Waals surface area contributed by atoms with Gasteiger partial charge in [0.15, 0.2) is 5.78 Å². The Hall–Kier alpha value is -2.42. The first kappa shape index (κ1) is 11.7. The molecule has 94 valence electrons. The molecule has 1 heterocycles. The van der Waals surface area contributed by atoms with E-state index in [-0.39, 0.29) is 11.7 Å². The number of aryl methyl sites for hydroxylation is 1. The first-order valence-corrected chi connectivity index (χ1v) is 6.17. The van der Waals surface area contributed by atoms with Gasteiger partial charge in [0, 0.05) is 16.8 Å². The summed E-state index contributed by atoms with van der Waals surface area (Å²) in [7, 11) is 0. The average molecular weight is 251 g/mol. The van der Waals surface area contributed by atoms with Crippen molar-refractivity contribution in [1.29, 1.82) is 0 Å². The Balaban J connectivity index is 1.97. The summed E-state index contributed by atoms with van der Waals surface area (Å²) in [5.41, 5.74) is 4.03. The normalized spacial score (nSPS) is 13.0. The molecule has 0 bridgehead atoms. The van der Waals surface area contributed by atoms with Crippen molar-refractivity contribution in [1.82, 2.24) is 0 Å². The van der Waals surface area contributed by atoms with Crippen LogP contribution in [0.4, 0.5) is 5.69 Å². The molecular formula is C16H13NO2. The van der Waals surface area contributed by atoms with Gasteiger partial charge in [0.05, 0.1) is 6.42 Å². The minimum Gasteiger partial charge on any atom is -0.326 e. The van der Waals surface area contributed by atoms with Crippen LogP contribution in [0.15, 0.2) is 42.5 Å². The van der Waals surface area contributed by atoms with E-state index in [1.54, 1.807) is 18.2 Å². The minimum atomic E-state index is -0.0207. The van der Waals surface area contributed by atoms with Crippen LogP contribution >= 0.6 is 0 Å². The van der Waals surface area contributed by atoms with Gasteiger partial charge in [-0.2, -0.15) is 0 Å². The lowest BCUT2D eigenvalue weighted by Crippen LogP contribution is -2.04. The number of rotatable bonds is 2. The van der Waals surface area contributed by atoms with E-state index in [4.69, 9.17) is 0 Å². The molecule has 3 nitrogen and oxygen atoms in total. The van der Waals surface area contributed by atoms with E-state index < -0.39 is 0 Å². The molecule has 0 saturated heterocycles. The molecule has 1 aliphatic rings. The fraction of sp³-hybridized carbons (Fsp3) is 0.125. The maximum Gasteiger partial charge on any atom is 0.228 e. The molecule has 0 unspecified atom stereocenters. The highest BCUT2D eigenvalue weighted by Gasteiger charge is 2.19. The van der Waals surface area contributed by atoms with Crippen LogP contribution in [-0.2, 0) is 11.2 Å². The molecule has 0 fully saturated rings. The molecule has 0 aliphatic carbocycles. The van der Waals surface area contributed by atoms with Crippen LogP contribution in [0, 0.1) is 6.92 Å². The number of hydrogen-bond acceptors (Lipinski definition) is 2. The van der Waals surface area contributed by atoms with Crippen molar-refractivity contribution < 1.29 is 9.59 Å². The Labute approximate surface area is 111 Å². The third-order valence-electron chi connectivity index (χ3n) is 3.28. The van der Waals surface area contributed by atoms with Gasteiger partial charge in [-0.15, -0.1) is 0 Å². The summed E-state index contributed by atoms with van der Waals surface area (Å²) in [5.74, 6) is -0.0391. The molecule has 0 spiro atoms. The zero-order valence-electron chi connectivity index (χ0n) is 10.6. The molecule has 0 atom stereocenters. The van der Waals surface area contributed by atoms with Gasteiger partial charge in [-0.25, -0.2) is 0 Å². The second-order valence-corrected chi connectivity index (χ2v) is 4.80. The molecule has 1 aliphatic heterocycles. The Morgan fingerprint density at radius 2 is 1.89 bits per heavy atom. The second kappa shape index (κ2) is 4.35. The highest BCUT2D eigenvalue weighted by molar-refractivity contribution is 6.10. The van der Waals surface area contributed by atoms with E-state index in [0.717, 1.165) is 16.8 Å². The number of carbonyl (C=O) groups is 2. The van der Waals surface area contributed by atoms with E-state index in [9.17, 15) is 9.59 Å². The zero-order valence-corrected chi connectivity index (χ0v) is 10.6. The highest BCUT2D eigenvalue weighted by Crippen LogP contribution is 2.25. The summed E-state index contributed by atoms with van der Waals surface area (Å²) in [5, 5.41) is 2.76. The lowest BCUT2D eigenvalue weighted by Gasteiger charge is -2.05. The van der Waals surface area contributed by atoms with Gasteiger partial charge in [0.25, 0.3) is 0 Å². The van der Waals surface area contributed by atoms with Crippen molar-refractivity contribution in [3.8, 4) is 0 Å². The Bertz CT molecular complexity index is 689. The molecule has 2 aromatic carbocycles. The van der Waals surface area contributed by atoms with Crippen LogP contribution in [0.2, 0.25) is 0 Å². The molecule has 19 heavy (non-hydrogen) atoms. The van der Waals surface area contributed by atoms with Crippen molar-refractivity contribution in [2.24, 2.45) is 0 Å². The van der Waals surface area contributed by atoms with E-state index in [1.165, 1.54) is 0 Å². The minimum absolute atomic E-state index is 0.0184. The number of anilines is 1. The van der Waals surface area contributed by atoms with E-state index in [1.807, 2.05) is 31.2 Å². The van der Waals surface area contributed by atoms with Gasteiger partial charge >= 0.3 is 0 Å². The standard InChI is InChI=1S/C16H13NO2/c1-10-3-2-4-12(7-10)16(19)13-6-5-11-9-15(18)17-14(11)8-13/h2-8H,9H2,1H3,(H,17,18). The maximum absolute atomic E-state index is 12.4. The van der Waals surface area contributed by atoms with Crippen LogP contribution in [0.5, 0.6) is 0 Å². The molecule has 3 heteroatoms. The summed E-state index contributed by atoms with van der Waals surface area (Å²) in [6, 6.07) is 12.9. The molecule has 1 N–H and O–H groups in total. The van der Waals surface area contributed by atoms with Crippen molar-refractivity contribution in [3.05, 3.63) is 64.7 Å². The van der Waals surface area contributed by atoms with Crippen LogP contribution in [0.1, 0.15) is 27.0 Å². The largest absolute Gasteiger partial charge is 0.326 e. The Morgan fingerprint density at radius 3 is 2.68 bits per heavy atom. The number of ketones is 1. The molecule has 0 saturated carbocycles. The van der Waals surface area contributed by atoms with Gasteiger partial charge in [-0.3, -0.25) is 9.59 Å². The molecule has 3 rings (SSSR count). The topological polar surface area (TPSA) is 46.2 Å². The number of nitrogens with one attached hydrogen (secondary N) is 1. The third-order valence-corrected chi connectivity index (χ3v) is 3.28. The van der Waals surface area contributed by atoms with Crippen LogP contribution in [0.25, 0.3) is 0 Å². The van der Waals surface area contributed by atoms with Crippen molar-refractivity contribution in [2.45, 2.75) is 13.3 Å². The van der Waals surface area contributed by atoms with Crippen LogP contribution < -0.4 is 5.32 Å². The SMILES string of the molecule is Cc1cccc(C(=O)c2ccc3c(c2)NC(=O)C3)c1. The lowest BCUT2D eigenvalue weighted by atomic mass is 10.00. The monoisotopic (exact) mass is 251 g/mol. The zero-order chi connectivity index (χ0) is 13.4. The number of amides is 1. The van der Waals surface area contributed by atoms with Crippen LogP contribution in [0.3, 0.4) is 0 Å². The van der Waals surface area contributed by atoms with Gasteiger partial charge in [0.2, 0.25) is 5.91 Å². The van der Waals surface area contributed by atoms with Crippen molar-refractivity contribution >= 4 is 17.4 Å².